The molecule has 0 aliphatic rings. The summed E-state index contributed by atoms with van der Waals surface area (Å²) in [5.41, 5.74) is 5.18. The van der Waals surface area contributed by atoms with Crippen molar-refractivity contribution in [2.45, 2.75) is 12.1 Å². The molecule has 0 heterocycles. The first kappa shape index (κ1) is 12.2. The van der Waals surface area contributed by atoms with Crippen molar-refractivity contribution >= 4 is 7.60 Å². The standard InChI is InChI=1S/C9H14NO4P/c10-6-9(15(12,13)14)5-7-1-3-8(11)4-2-7/h1-4,9,11H,5-6,10H2,(H2,12,13,14)/t9-/m0/s1. The van der Waals surface area contributed by atoms with Crippen molar-refractivity contribution < 1.29 is 19.5 Å². The Morgan fingerprint density at radius 3 is 2.20 bits per heavy atom. The second kappa shape index (κ2) is 4.77. The van der Waals surface area contributed by atoms with E-state index < -0.39 is 13.3 Å². The van der Waals surface area contributed by atoms with Gasteiger partial charge in [-0.1, -0.05) is 12.1 Å². The number of rotatable bonds is 4. The highest BCUT2D eigenvalue weighted by molar-refractivity contribution is 7.52. The molecule has 0 saturated heterocycles. The van der Waals surface area contributed by atoms with Crippen LogP contribution >= 0.6 is 7.60 Å². The van der Waals surface area contributed by atoms with Crippen LogP contribution in [0, 0.1) is 0 Å². The highest BCUT2D eigenvalue weighted by Crippen LogP contribution is 2.42. The van der Waals surface area contributed by atoms with Gasteiger partial charge in [0.15, 0.2) is 0 Å². The molecule has 5 nitrogen and oxygen atoms in total. The molecule has 0 fully saturated rings. The van der Waals surface area contributed by atoms with Crippen LogP contribution in [0.5, 0.6) is 5.75 Å². The average Bonchev–Trinajstić information content (AvgIpc) is 2.15. The van der Waals surface area contributed by atoms with Crippen LogP contribution < -0.4 is 5.73 Å². The van der Waals surface area contributed by atoms with E-state index in [2.05, 4.69) is 0 Å². The molecule has 6 heteroatoms. The fraction of sp³-hybridized carbons (Fsp3) is 0.333. The Kier molecular flexibility index (Phi) is 3.88. The molecule has 0 amide bonds. The summed E-state index contributed by atoms with van der Waals surface area (Å²) in [5, 5.41) is 9.03. The first-order valence-corrected chi connectivity index (χ1v) is 6.15. The van der Waals surface area contributed by atoms with E-state index >= 15 is 0 Å². The molecule has 0 unspecified atom stereocenters. The summed E-state index contributed by atoms with van der Waals surface area (Å²) in [4.78, 5) is 18.0. The summed E-state index contributed by atoms with van der Waals surface area (Å²) in [6, 6.07) is 6.19. The number of phenolic OH excluding ortho intramolecular Hbond substituents is 1. The SMILES string of the molecule is NC[C@H](Cc1ccc(O)cc1)P(=O)(O)O. The van der Waals surface area contributed by atoms with Gasteiger partial charge in [-0.05, 0) is 24.1 Å². The Morgan fingerprint density at radius 1 is 1.27 bits per heavy atom. The van der Waals surface area contributed by atoms with E-state index in [1.54, 1.807) is 12.1 Å². The molecule has 1 aromatic carbocycles. The highest BCUT2D eigenvalue weighted by Gasteiger charge is 2.27. The van der Waals surface area contributed by atoms with Crippen molar-refractivity contribution in [1.82, 2.24) is 0 Å². The molecule has 1 atom stereocenters. The lowest BCUT2D eigenvalue weighted by Crippen LogP contribution is -2.22. The van der Waals surface area contributed by atoms with Gasteiger partial charge in [-0.2, -0.15) is 0 Å². The summed E-state index contributed by atoms with van der Waals surface area (Å²) in [6.45, 7) is -0.0643. The summed E-state index contributed by atoms with van der Waals surface area (Å²) in [7, 11) is -4.14. The van der Waals surface area contributed by atoms with Crippen LogP contribution in [0.4, 0.5) is 0 Å². The van der Waals surface area contributed by atoms with Gasteiger partial charge >= 0.3 is 7.60 Å². The minimum Gasteiger partial charge on any atom is -0.508 e. The quantitative estimate of drug-likeness (QED) is 0.563. The Hall–Kier alpha value is -0.870. The topological polar surface area (TPSA) is 104 Å². The predicted octanol–water partition coefficient (Wildman–Crippen LogP) is 0.440. The zero-order valence-corrected chi connectivity index (χ0v) is 8.97. The Morgan fingerprint density at radius 2 is 1.80 bits per heavy atom. The van der Waals surface area contributed by atoms with Gasteiger partial charge in [0, 0.05) is 6.54 Å². The lowest BCUT2D eigenvalue weighted by molar-refractivity contribution is 0.357. The van der Waals surface area contributed by atoms with Gasteiger partial charge in [-0.3, -0.25) is 4.57 Å². The number of phenols is 1. The Bertz CT molecular complexity index is 359. The predicted molar refractivity (Wildman–Crippen MR) is 56.7 cm³/mol. The van der Waals surface area contributed by atoms with Crippen molar-refractivity contribution in [1.29, 1.82) is 0 Å². The summed E-state index contributed by atoms with van der Waals surface area (Å²) in [5.74, 6) is 0.124. The number of hydrogen-bond acceptors (Lipinski definition) is 3. The van der Waals surface area contributed by atoms with Crippen molar-refractivity contribution in [2.75, 3.05) is 6.54 Å². The number of nitrogens with two attached hydrogens (primary N) is 1. The molecule has 5 N–H and O–H groups in total. The van der Waals surface area contributed by atoms with E-state index in [0.717, 1.165) is 5.56 Å². The van der Waals surface area contributed by atoms with Crippen LogP contribution in [-0.2, 0) is 11.0 Å². The largest absolute Gasteiger partial charge is 0.508 e. The summed E-state index contributed by atoms with van der Waals surface area (Å²) >= 11 is 0. The van der Waals surface area contributed by atoms with E-state index in [4.69, 9.17) is 20.6 Å². The zero-order chi connectivity index (χ0) is 11.5. The van der Waals surface area contributed by atoms with Crippen LogP contribution in [0.3, 0.4) is 0 Å². The van der Waals surface area contributed by atoms with E-state index in [1.807, 2.05) is 0 Å². The first-order valence-electron chi connectivity index (χ1n) is 4.46. The maximum atomic E-state index is 11.0. The normalized spacial score (nSPS) is 13.8. The van der Waals surface area contributed by atoms with Gasteiger partial charge < -0.3 is 20.6 Å². The minimum atomic E-state index is -4.14. The molecule has 84 valence electrons. The van der Waals surface area contributed by atoms with Gasteiger partial charge in [0.25, 0.3) is 0 Å². The Labute approximate surface area is 87.7 Å². The lowest BCUT2D eigenvalue weighted by Gasteiger charge is -2.16. The van der Waals surface area contributed by atoms with Crippen molar-refractivity contribution in [3.8, 4) is 5.75 Å². The number of aromatic hydroxyl groups is 1. The average molecular weight is 231 g/mol. The first-order chi connectivity index (χ1) is 6.93. The van der Waals surface area contributed by atoms with Crippen molar-refractivity contribution in [3.05, 3.63) is 29.8 Å². The van der Waals surface area contributed by atoms with Crippen LogP contribution in [0.15, 0.2) is 24.3 Å². The highest BCUT2D eigenvalue weighted by atomic mass is 31.2. The third-order valence-electron chi connectivity index (χ3n) is 2.16. The molecule has 0 radical (unpaired) electrons. The molecular weight excluding hydrogens is 217 g/mol. The van der Waals surface area contributed by atoms with Crippen LogP contribution in [0.25, 0.3) is 0 Å². The minimum absolute atomic E-state index is 0.0643. The third kappa shape index (κ3) is 3.64. The molecule has 0 aromatic heterocycles. The summed E-state index contributed by atoms with van der Waals surface area (Å²) < 4.78 is 11.0. The Balaban J connectivity index is 2.76. The molecule has 1 aromatic rings. The zero-order valence-electron chi connectivity index (χ0n) is 8.08. The maximum Gasteiger partial charge on any atom is 0.330 e. The van der Waals surface area contributed by atoms with Crippen LogP contribution in [0.2, 0.25) is 0 Å². The van der Waals surface area contributed by atoms with Gasteiger partial charge in [0.05, 0.1) is 5.66 Å². The fourth-order valence-electron chi connectivity index (χ4n) is 1.24. The van der Waals surface area contributed by atoms with Gasteiger partial charge in [-0.15, -0.1) is 0 Å². The van der Waals surface area contributed by atoms with Gasteiger partial charge in [0.2, 0.25) is 0 Å². The second-order valence-electron chi connectivity index (χ2n) is 3.35. The smallest absolute Gasteiger partial charge is 0.330 e. The van der Waals surface area contributed by atoms with Gasteiger partial charge in [0.1, 0.15) is 5.75 Å². The van der Waals surface area contributed by atoms with Crippen LogP contribution in [-0.4, -0.2) is 27.1 Å². The van der Waals surface area contributed by atoms with E-state index in [1.165, 1.54) is 12.1 Å². The van der Waals surface area contributed by atoms with Crippen molar-refractivity contribution in [2.24, 2.45) is 5.73 Å². The van der Waals surface area contributed by atoms with E-state index in [9.17, 15) is 4.57 Å². The molecule has 0 saturated carbocycles. The monoisotopic (exact) mass is 231 g/mol. The molecule has 0 aliphatic carbocycles. The second-order valence-corrected chi connectivity index (χ2v) is 5.26. The molecule has 15 heavy (non-hydrogen) atoms. The van der Waals surface area contributed by atoms with Crippen molar-refractivity contribution in [3.63, 3.8) is 0 Å². The lowest BCUT2D eigenvalue weighted by atomic mass is 10.1. The molecular formula is C9H14NO4P. The van der Waals surface area contributed by atoms with Gasteiger partial charge in [-0.25, -0.2) is 0 Å². The molecule has 0 bridgehead atoms. The fourth-order valence-corrected chi connectivity index (χ4v) is 1.97. The molecule has 1 rings (SSSR count). The van der Waals surface area contributed by atoms with E-state index in [0.29, 0.717) is 0 Å². The maximum absolute atomic E-state index is 11.0. The number of benzene rings is 1. The molecule has 0 spiro atoms. The third-order valence-corrected chi connectivity index (χ3v) is 3.50. The summed E-state index contributed by atoms with van der Waals surface area (Å²) in [6.07, 6.45) is 0.209. The number of hydrogen-bond donors (Lipinski definition) is 4. The van der Waals surface area contributed by atoms with E-state index in [-0.39, 0.29) is 18.7 Å². The molecule has 0 aliphatic heterocycles. The van der Waals surface area contributed by atoms with Crippen LogP contribution in [0.1, 0.15) is 5.56 Å².